The van der Waals surface area contributed by atoms with Crippen molar-refractivity contribution in [3.63, 3.8) is 0 Å². The fourth-order valence-electron chi connectivity index (χ4n) is 2.71. The van der Waals surface area contributed by atoms with E-state index in [1.807, 2.05) is 6.92 Å². The summed E-state index contributed by atoms with van der Waals surface area (Å²) in [5.41, 5.74) is 1.10. The second-order valence-electron chi connectivity index (χ2n) is 6.04. The minimum Gasteiger partial charge on any atom is -0.497 e. The fraction of sp³-hybridized carbons (Fsp3) is 0.333. The van der Waals surface area contributed by atoms with Crippen LogP contribution in [0.15, 0.2) is 36.4 Å². The molecule has 0 heterocycles. The number of hydrogen-bond acceptors (Lipinski definition) is 7. The molecule has 1 atom stereocenters. The van der Waals surface area contributed by atoms with Gasteiger partial charge in [0.15, 0.2) is 18.1 Å². The Kier molecular flexibility index (Phi) is 7.70. The van der Waals surface area contributed by atoms with Crippen molar-refractivity contribution in [1.82, 2.24) is 5.32 Å². The monoisotopic (exact) mass is 403 g/mol. The quantitative estimate of drug-likeness (QED) is 0.644. The molecule has 1 amide bonds. The number of hydrogen-bond donors (Lipinski definition) is 1. The Morgan fingerprint density at radius 2 is 1.59 bits per heavy atom. The van der Waals surface area contributed by atoms with E-state index < -0.39 is 5.97 Å². The van der Waals surface area contributed by atoms with Gasteiger partial charge < -0.3 is 29.0 Å². The number of methoxy groups -OCH3 is 4. The van der Waals surface area contributed by atoms with Crippen molar-refractivity contribution in [2.75, 3.05) is 35.0 Å². The van der Waals surface area contributed by atoms with Gasteiger partial charge in [0, 0.05) is 5.56 Å². The summed E-state index contributed by atoms with van der Waals surface area (Å²) in [6.07, 6.45) is 0. The third-order valence-corrected chi connectivity index (χ3v) is 4.22. The summed E-state index contributed by atoms with van der Waals surface area (Å²) in [6, 6.07) is 9.60. The highest BCUT2D eigenvalue weighted by molar-refractivity contribution is 5.90. The van der Waals surface area contributed by atoms with Crippen molar-refractivity contribution in [1.29, 1.82) is 0 Å². The predicted octanol–water partition coefficient (Wildman–Crippen LogP) is 2.76. The van der Waals surface area contributed by atoms with E-state index in [1.165, 1.54) is 26.4 Å². The van der Waals surface area contributed by atoms with Gasteiger partial charge in [-0.25, -0.2) is 4.79 Å². The normalized spacial score (nSPS) is 11.2. The first-order chi connectivity index (χ1) is 13.9. The zero-order valence-electron chi connectivity index (χ0n) is 17.1. The molecule has 0 aliphatic carbocycles. The molecule has 0 saturated carbocycles. The van der Waals surface area contributed by atoms with E-state index >= 15 is 0 Å². The lowest BCUT2D eigenvalue weighted by Crippen LogP contribution is -2.31. The maximum absolute atomic E-state index is 12.4. The molecule has 0 aromatic heterocycles. The molecule has 2 aromatic carbocycles. The Labute approximate surface area is 169 Å². The van der Waals surface area contributed by atoms with Crippen molar-refractivity contribution >= 4 is 11.9 Å². The van der Waals surface area contributed by atoms with Crippen molar-refractivity contribution in [2.45, 2.75) is 13.0 Å². The van der Waals surface area contributed by atoms with Crippen molar-refractivity contribution in [2.24, 2.45) is 0 Å². The van der Waals surface area contributed by atoms with Crippen LogP contribution >= 0.6 is 0 Å². The predicted molar refractivity (Wildman–Crippen MR) is 106 cm³/mol. The van der Waals surface area contributed by atoms with Crippen LogP contribution in [0.5, 0.6) is 23.0 Å². The molecule has 0 spiro atoms. The Morgan fingerprint density at radius 1 is 0.897 bits per heavy atom. The topological polar surface area (TPSA) is 92.3 Å². The maximum atomic E-state index is 12.4. The van der Waals surface area contributed by atoms with Crippen molar-refractivity contribution < 1.29 is 33.3 Å². The van der Waals surface area contributed by atoms with E-state index in [0.717, 1.165) is 5.56 Å². The van der Waals surface area contributed by atoms with Crippen LogP contribution in [0, 0.1) is 0 Å². The summed E-state index contributed by atoms with van der Waals surface area (Å²) < 4.78 is 26.0. The van der Waals surface area contributed by atoms with Crippen molar-refractivity contribution in [3.05, 3.63) is 47.5 Å². The van der Waals surface area contributed by atoms with E-state index in [4.69, 9.17) is 18.9 Å². The van der Waals surface area contributed by atoms with Gasteiger partial charge in [-0.15, -0.1) is 0 Å². The number of ether oxygens (including phenoxy) is 5. The average Bonchev–Trinajstić information content (AvgIpc) is 2.76. The minimum absolute atomic E-state index is 0.232. The van der Waals surface area contributed by atoms with Crippen LogP contribution in [-0.2, 0) is 9.53 Å². The standard InChI is InChI=1S/C21H25NO7/c1-13(16-11-15(25-2)7-9-17(16)26-3)22-20(23)12-29-18-8-6-14(21(24)28-5)10-19(18)27-4/h6-11,13H,12H2,1-5H3,(H,22,23)/t13-/m0/s1. The third kappa shape index (κ3) is 5.54. The van der Waals surface area contributed by atoms with Crippen LogP contribution in [0.25, 0.3) is 0 Å². The van der Waals surface area contributed by atoms with Gasteiger partial charge in [0.2, 0.25) is 0 Å². The molecule has 0 radical (unpaired) electrons. The number of nitrogens with one attached hydrogen (secondary N) is 1. The van der Waals surface area contributed by atoms with E-state index in [9.17, 15) is 9.59 Å². The maximum Gasteiger partial charge on any atom is 0.337 e. The first-order valence-electron chi connectivity index (χ1n) is 8.83. The molecule has 8 nitrogen and oxygen atoms in total. The summed E-state index contributed by atoms with van der Waals surface area (Å²) in [7, 11) is 5.87. The van der Waals surface area contributed by atoms with Crippen LogP contribution in [0.1, 0.15) is 28.9 Å². The second kappa shape index (κ2) is 10.2. The Balaban J connectivity index is 2.04. The average molecular weight is 403 g/mol. The van der Waals surface area contributed by atoms with Gasteiger partial charge in [-0.3, -0.25) is 4.79 Å². The minimum atomic E-state index is -0.492. The molecule has 2 aromatic rings. The molecule has 0 fully saturated rings. The number of carbonyl (C=O) groups excluding carboxylic acids is 2. The molecule has 8 heteroatoms. The second-order valence-corrected chi connectivity index (χ2v) is 6.04. The molecular formula is C21H25NO7. The molecule has 2 rings (SSSR count). The van der Waals surface area contributed by atoms with Gasteiger partial charge in [0.1, 0.15) is 11.5 Å². The first-order valence-corrected chi connectivity index (χ1v) is 8.83. The number of carbonyl (C=O) groups is 2. The Bertz CT molecular complexity index is 866. The molecule has 0 saturated heterocycles. The van der Waals surface area contributed by atoms with Gasteiger partial charge in [-0.1, -0.05) is 0 Å². The lowest BCUT2D eigenvalue weighted by atomic mass is 10.1. The number of benzene rings is 2. The number of amides is 1. The number of rotatable bonds is 9. The Morgan fingerprint density at radius 3 is 2.21 bits per heavy atom. The van der Waals surface area contributed by atoms with E-state index in [1.54, 1.807) is 38.5 Å². The number of esters is 1. The lowest BCUT2D eigenvalue weighted by Gasteiger charge is -2.18. The Hall–Kier alpha value is -3.42. The van der Waals surface area contributed by atoms with Crippen LogP contribution in [-0.4, -0.2) is 46.9 Å². The van der Waals surface area contributed by atoms with E-state index in [0.29, 0.717) is 28.6 Å². The first kappa shape index (κ1) is 21.9. The molecule has 29 heavy (non-hydrogen) atoms. The molecule has 156 valence electrons. The van der Waals surface area contributed by atoms with Gasteiger partial charge in [0.25, 0.3) is 5.91 Å². The van der Waals surface area contributed by atoms with Crippen LogP contribution in [0.2, 0.25) is 0 Å². The van der Waals surface area contributed by atoms with Gasteiger partial charge >= 0.3 is 5.97 Å². The van der Waals surface area contributed by atoms with E-state index in [2.05, 4.69) is 10.1 Å². The van der Waals surface area contributed by atoms with Gasteiger partial charge in [0.05, 0.1) is 40.0 Å². The van der Waals surface area contributed by atoms with Gasteiger partial charge in [-0.05, 0) is 43.3 Å². The zero-order chi connectivity index (χ0) is 21.4. The summed E-state index contributed by atoms with van der Waals surface area (Å²) >= 11 is 0. The molecule has 1 N–H and O–H groups in total. The highest BCUT2D eigenvalue weighted by Crippen LogP contribution is 2.30. The van der Waals surface area contributed by atoms with Crippen LogP contribution in [0.4, 0.5) is 0 Å². The summed E-state index contributed by atoms with van der Waals surface area (Å²) in [5, 5.41) is 2.85. The van der Waals surface area contributed by atoms with Crippen LogP contribution in [0.3, 0.4) is 0 Å². The summed E-state index contributed by atoms with van der Waals surface area (Å²) in [5.74, 6) is 1.13. The molecule has 0 aliphatic heterocycles. The van der Waals surface area contributed by atoms with E-state index in [-0.39, 0.29) is 18.6 Å². The fourth-order valence-corrected chi connectivity index (χ4v) is 2.71. The highest BCUT2D eigenvalue weighted by Gasteiger charge is 2.17. The largest absolute Gasteiger partial charge is 0.497 e. The SMILES string of the molecule is COC(=O)c1ccc(OCC(=O)N[C@@H](C)c2cc(OC)ccc2OC)c(OC)c1. The third-order valence-electron chi connectivity index (χ3n) is 4.22. The summed E-state index contributed by atoms with van der Waals surface area (Å²) in [6.45, 7) is 1.60. The summed E-state index contributed by atoms with van der Waals surface area (Å²) in [4.78, 5) is 24.0. The molecule has 0 unspecified atom stereocenters. The van der Waals surface area contributed by atoms with Crippen LogP contribution < -0.4 is 24.3 Å². The zero-order valence-corrected chi connectivity index (χ0v) is 17.1. The highest BCUT2D eigenvalue weighted by atomic mass is 16.5. The van der Waals surface area contributed by atoms with Gasteiger partial charge in [-0.2, -0.15) is 0 Å². The molecular weight excluding hydrogens is 378 g/mol. The smallest absolute Gasteiger partial charge is 0.337 e. The molecule has 0 bridgehead atoms. The van der Waals surface area contributed by atoms with Crippen molar-refractivity contribution in [3.8, 4) is 23.0 Å². The lowest BCUT2D eigenvalue weighted by molar-refractivity contribution is -0.123. The molecule has 0 aliphatic rings.